The zero-order valence-electron chi connectivity index (χ0n) is 10.9. The summed E-state index contributed by atoms with van der Waals surface area (Å²) in [5, 5.41) is 4.19. The lowest BCUT2D eigenvalue weighted by atomic mass is 10.1. The van der Waals surface area contributed by atoms with E-state index in [0.29, 0.717) is 17.0 Å². The van der Waals surface area contributed by atoms with Gasteiger partial charge in [0.1, 0.15) is 0 Å². The second-order valence-electron chi connectivity index (χ2n) is 4.32. The molecule has 5 nitrogen and oxygen atoms in total. The quantitative estimate of drug-likeness (QED) is 0.812. The smallest absolute Gasteiger partial charge is 0.216 e. The molecule has 0 aliphatic heterocycles. The largest absolute Gasteiger partial charge is 0.493 e. The first-order chi connectivity index (χ1) is 9.04. The molecule has 0 aliphatic carbocycles. The molecule has 2 rings (SSSR count). The van der Waals surface area contributed by atoms with Crippen LogP contribution in [0.1, 0.15) is 35.9 Å². The lowest BCUT2D eigenvalue weighted by Gasteiger charge is -2.11. The summed E-state index contributed by atoms with van der Waals surface area (Å²) in [5.74, 6) is 0.315. The normalized spacial score (nSPS) is 10.8. The van der Waals surface area contributed by atoms with E-state index in [1.807, 2.05) is 13.8 Å². The van der Waals surface area contributed by atoms with Crippen molar-refractivity contribution in [2.75, 3.05) is 7.11 Å². The highest BCUT2D eigenvalue weighted by molar-refractivity contribution is 9.10. The van der Waals surface area contributed by atoms with Crippen LogP contribution < -0.4 is 4.74 Å². The van der Waals surface area contributed by atoms with Crippen LogP contribution in [0.15, 0.2) is 29.1 Å². The van der Waals surface area contributed by atoms with E-state index < -0.39 is 0 Å². The predicted molar refractivity (Wildman–Crippen MR) is 74.5 cm³/mol. The summed E-state index contributed by atoms with van der Waals surface area (Å²) in [6.45, 7) is 3.92. The zero-order valence-corrected chi connectivity index (χ0v) is 12.5. The molecule has 0 radical (unpaired) electrons. The van der Waals surface area contributed by atoms with Gasteiger partial charge in [-0.3, -0.25) is 14.5 Å². The second-order valence-corrected chi connectivity index (χ2v) is 5.24. The molecule has 0 saturated carbocycles. The molecular formula is C13H14BrN3O2. The fourth-order valence-corrected chi connectivity index (χ4v) is 2.14. The number of hydrogen-bond acceptors (Lipinski definition) is 4. The molecule has 0 spiro atoms. The Labute approximate surface area is 119 Å². The van der Waals surface area contributed by atoms with Crippen LogP contribution in [0.25, 0.3) is 0 Å². The van der Waals surface area contributed by atoms with Crippen LogP contribution in [0, 0.1) is 0 Å². The number of hydrogen-bond donors (Lipinski definition) is 0. The molecule has 6 heteroatoms. The predicted octanol–water partition coefficient (Wildman–Crippen LogP) is 2.86. The third-order valence-corrected chi connectivity index (χ3v) is 3.09. The topological polar surface area (TPSA) is 57.0 Å². The minimum absolute atomic E-state index is 0.0722. The Hall–Kier alpha value is -1.69. The highest BCUT2D eigenvalue weighted by Crippen LogP contribution is 2.24. The second kappa shape index (κ2) is 5.52. The fraction of sp³-hybridized carbons (Fsp3) is 0.308. The van der Waals surface area contributed by atoms with Crippen LogP contribution in [0.2, 0.25) is 0 Å². The van der Waals surface area contributed by atoms with Crippen LogP contribution in [-0.2, 0) is 0 Å². The average Bonchev–Trinajstić information content (AvgIpc) is 2.81. The summed E-state index contributed by atoms with van der Waals surface area (Å²) in [4.78, 5) is 16.6. The number of pyridine rings is 1. The van der Waals surface area contributed by atoms with E-state index in [2.05, 4.69) is 26.0 Å². The van der Waals surface area contributed by atoms with Crippen LogP contribution in [0.3, 0.4) is 0 Å². The van der Waals surface area contributed by atoms with Crippen LogP contribution in [0.5, 0.6) is 5.75 Å². The van der Waals surface area contributed by atoms with Crippen molar-refractivity contribution in [1.29, 1.82) is 0 Å². The summed E-state index contributed by atoms with van der Waals surface area (Å²) in [6.07, 6.45) is 4.72. The van der Waals surface area contributed by atoms with Crippen molar-refractivity contribution in [3.63, 3.8) is 0 Å². The number of carbonyl (C=O) groups is 1. The van der Waals surface area contributed by atoms with Crippen molar-refractivity contribution in [1.82, 2.24) is 14.8 Å². The number of rotatable bonds is 4. The van der Waals surface area contributed by atoms with Crippen molar-refractivity contribution in [2.24, 2.45) is 0 Å². The summed E-state index contributed by atoms with van der Waals surface area (Å²) < 4.78 is 7.62. The fourth-order valence-electron chi connectivity index (χ4n) is 1.78. The van der Waals surface area contributed by atoms with E-state index in [-0.39, 0.29) is 11.8 Å². The summed E-state index contributed by atoms with van der Waals surface area (Å²) >= 11 is 3.31. The van der Waals surface area contributed by atoms with Gasteiger partial charge in [0.05, 0.1) is 13.3 Å². The summed E-state index contributed by atoms with van der Waals surface area (Å²) in [7, 11) is 1.53. The maximum Gasteiger partial charge on any atom is 0.216 e. The van der Waals surface area contributed by atoms with Gasteiger partial charge in [0, 0.05) is 28.5 Å². The van der Waals surface area contributed by atoms with Gasteiger partial charge in [-0.2, -0.15) is 5.10 Å². The molecule has 100 valence electrons. The van der Waals surface area contributed by atoms with Crippen molar-refractivity contribution in [3.8, 4) is 5.75 Å². The number of nitrogens with zero attached hydrogens (tertiary/aromatic N) is 3. The van der Waals surface area contributed by atoms with Crippen molar-refractivity contribution in [3.05, 3.63) is 40.4 Å². The van der Waals surface area contributed by atoms with Crippen molar-refractivity contribution >= 4 is 21.7 Å². The molecule has 0 aliphatic rings. The van der Waals surface area contributed by atoms with Crippen LogP contribution >= 0.6 is 15.9 Å². The molecule has 2 aromatic rings. The van der Waals surface area contributed by atoms with E-state index >= 15 is 0 Å². The van der Waals surface area contributed by atoms with Gasteiger partial charge in [-0.1, -0.05) is 0 Å². The van der Waals surface area contributed by atoms with E-state index in [4.69, 9.17) is 4.74 Å². The molecule has 0 aromatic carbocycles. The van der Waals surface area contributed by atoms with Gasteiger partial charge in [0.2, 0.25) is 5.78 Å². The first-order valence-electron chi connectivity index (χ1n) is 5.81. The van der Waals surface area contributed by atoms with E-state index in [0.717, 1.165) is 4.47 Å². The Morgan fingerprint density at radius 2 is 2.11 bits per heavy atom. The van der Waals surface area contributed by atoms with Crippen molar-refractivity contribution in [2.45, 2.75) is 19.9 Å². The summed E-state index contributed by atoms with van der Waals surface area (Å²) in [5.41, 5.74) is 0.937. The molecule has 0 amide bonds. The first-order valence-corrected chi connectivity index (χ1v) is 6.60. The molecule has 0 fully saturated rings. The van der Waals surface area contributed by atoms with Gasteiger partial charge in [0.25, 0.3) is 0 Å². The third-order valence-electron chi connectivity index (χ3n) is 2.65. The molecule has 0 unspecified atom stereocenters. The van der Waals surface area contributed by atoms with E-state index in [1.165, 1.54) is 13.3 Å². The molecule has 0 bridgehead atoms. The number of ketones is 1. The Morgan fingerprint density at radius 1 is 1.37 bits per heavy atom. The molecular weight excluding hydrogens is 310 g/mol. The lowest BCUT2D eigenvalue weighted by Crippen LogP contribution is -2.14. The van der Waals surface area contributed by atoms with E-state index in [9.17, 15) is 4.79 Å². The maximum absolute atomic E-state index is 12.6. The molecule has 19 heavy (non-hydrogen) atoms. The number of carbonyl (C=O) groups excluding carboxylic acids is 1. The Balaban J connectivity index is 2.51. The van der Waals surface area contributed by atoms with Gasteiger partial charge >= 0.3 is 0 Å². The Kier molecular flexibility index (Phi) is 3.99. The maximum atomic E-state index is 12.6. The standard InChI is InChI=1S/C13H14BrN3O2/c1-8(2)17-12(11(19-3)7-16-17)13(18)9-4-10(14)6-15-5-9/h4-8H,1-3H3. The third kappa shape index (κ3) is 2.68. The molecule has 0 atom stereocenters. The minimum atomic E-state index is -0.156. The van der Waals surface area contributed by atoms with E-state index in [1.54, 1.807) is 23.1 Å². The number of ether oxygens (including phenoxy) is 1. The van der Waals surface area contributed by atoms with Gasteiger partial charge in [-0.25, -0.2) is 0 Å². The number of aromatic nitrogens is 3. The lowest BCUT2D eigenvalue weighted by molar-refractivity contribution is 0.102. The number of methoxy groups -OCH3 is 1. The number of halogens is 1. The molecule has 0 saturated heterocycles. The van der Waals surface area contributed by atoms with Crippen LogP contribution in [0.4, 0.5) is 0 Å². The SMILES string of the molecule is COc1cnn(C(C)C)c1C(=O)c1cncc(Br)c1. The van der Waals surface area contributed by atoms with Gasteiger partial charge in [-0.15, -0.1) is 0 Å². The van der Waals surface area contributed by atoms with Gasteiger partial charge in [0.15, 0.2) is 11.4 Å². The van der Waals surface area contributed by atoms with Gasteiger partial charge < -0.3 is 4.74 Å². The monoisotopic (exact) mass is 323 g/mol. The highest BCUT2D eigenvalue weighted by atomic mass is 79.9. The first kappa shape index (κ1) is 13.7. The molecule has 0 N–H and O–H groups in total. The summed E-state index contributed by atoms with van der Waals surface area (Å²) in [6, 6.07) is 1.80. The molecule has 2 heterocycles. The molecule has 2 aromatic heterocycles. The Bertz CT molecular complexity index is 608. The average molecular weight is 324 g/mol. The Morgan fingerprint density at radius 3 is 2.68 bits per heavy atom. The highest BCUT2D eigenvalue weighted by Gasteiger charge is 2.22. The minimum Gasteiger partial charge on any atom is -0.493 e. The van der Waals surface area contributed by atoms with Crippen molar-refractivity contribution < 1.29 is 9.53 Å². The zero-order chi connectivity index (χ0) is 14.0. The van der Waals surface area contributed by atoms with Gasteiger partial charge in [-0.05, 0) is 35.8 Å². The van der Waals surface area contributed by atoms with Crippen LogP contribution in [-0.4, -0.2) is 27.7 Å².